The second kappa shape index (κ2) is 7.56. The third kappa shape index (κ3) is 4.19. The van der Waals surface area contributed by atoms with Crippen LogP contribution in [0.15, 0.2) is 17.8 Å². The molecule has 2 amide bonds. The molecule has 1 unspecified atom stereocenters. The maximum absolute atomic E-state index is 12.1. The van der Waals surface area contributed by atoms with E-state index in [4.69, 9.17) is 4.74 Å². The van der Waals surface area contributed by atoms with E-state index in [1.165, 1.54) is 32.4 Å². The quantitative estimate of drug-likeness (QED) is 0.434. The van der Waals surface area contributed by atoms with Crippen LogP contribution in [0.25, 0.3) is 6.08 Å². The SMILES string of the molecule is COC(=O)CCC1NC(=O)/C(=C/c2cc(O)c(OC)c(O)c2)NC1=O. The number of benzene rings is 1. The maximum Gasteiger partial charge on any atom is 0.305 e. The lowest BCUT2D eigenvalue weighted by Gasteiger charge is -2.24. The summed E-state index contributed by atoms with van der Waals surface area (Å²) in [6.45, 7) is 0. The van der Waals surface area contributed by atoms with Crippen LogP contribution in [0.2, 0.25) is 0 Å². The minimum atomic E-state index is -0.846. The number of aromatic hydroxyl groups is 2. The van der Waals surface area contributed by atoms with Crippen LogP contribution in [0.3, 0.4) is 0 Å². The normalized spacial score (nSPS) is 18.5. The number of nitrogens with one attached hydrogen (secondary N) is 2. The summed E-state index contributed by atoms with van der Waals surface area (Å²) in [7, 11) is 2.53. The zero-order valence-electron chi connectivity index (χ0n) is 13.7. The zero-order valence-corrected chi connectivity index (χ0v) is 13.7. The zero-order chi connectivity index (χ0) is 18.6. The van der Waals surface area contributed by atoms with Gasteiger partial charge in [0, 0.05) is 6.42 Å². The number of amides is 2. The third-order valence-electron chi connectivity index (χ3n) is 3.58. The molecule has 1 aromatic carbocycles. The summed E-state index contributed by atoms with van der Waals surface area (Å²) in [6, 6.07) is 1.70. The summed E-state index contributed by atoms with van der Waals surface area (Å²) in [5.41, 5.74) is 0.234. The van der Waals surface area contributed by atoms with Gasteiger partial charge >= 0.3 is 5.97 Å². The number of hydrogen-bond acceptors (Lipinski definition) is 7. The van der Waals surface area contributed by atoms with E-state index < -0.39 is 23.8 Å². The molecule has 1 aliphatic heterocycles. The molecule has 9 heteroatoms. The van der Waals surface area contributed by atoms with E-state index in [1.54, 1.807) is 0 Å². The van der Waals surface area contributed by atoms with Crippen molar-refractivity contribution in [3.05, 3.63) is 23.4 Å². The summed E-state index contributed by atoms with van der Waals surface area (Å²) < 4.78 is 9.31. The number of hydrogen-bond donors (Lipinski definition) is 4. The van der Waals surface area contributed by atoms with Gasteiger partial charge in [0.1, 0.15) is 11.7 Å². The van der Waals surface area contributed by atoms with Gasteiger partial charge in [-0.25, -0.2) is 0 Å². The summed E-state index contributed by atoms with van der Waals surface area (Å²) in [4.78, 5) is 35.3. The van der Waals surface area contributed by atoms with Crippen LogP contribution in [0.4, 0.5) is 0 Å². The number of esters is 1. The molecule has 1 atom stereocenters. The smallest absolute Gasteiger partial charge is 0.305 e. The Bertz CT molecular complexity index is 719. The van der Waals surface area contributed by atoms with Crippen LogP contribution < -0.4 is 15.4 Å². The van der Waals surface area contributed by atoms with E-state index in [0.29, 0.717) is 0 Å². The Hall–Kier alpha value is -3.23. The standard InChI is InChI=1S/C16H18N2O7/c1-24-13(21)4-3-9-15(22)18-10(16(23)17-9)5-8-6-11(19)14(25-2)12(20)7-8/h5-7,9,19-20H,3-4H2,1-2H3,(H,17,23)(H,18,22)/b10-5-. The Morgan fingerprint density at radius 3 is 2.44 bits per heavy atom. The molecule has 0 bridgehead atoms. The van der Waals surface area contributed by atoms with E-state index in [-0.39, 0.29) is 41.4 Å². The van der Waals surface area contributed by atoms with Gasteiger partial charge in [-0.1, -0.05) is 0 Å². The second-order valence-electron chi connectivity index (χ2n) is 5.28. The molecule has 2 rings (SSSR count). The minimum Gasteiger partial charge on any atom is -0.504 e. The van der Waals surface area contributed by atoms with Gasteiger partial charge in [0.05, 0.1) is 14.2 Å². The number of carbonyl (C=O) groups excluding carboxylic acids is 3. The van der Waals surface area contributed by atoms with Crippen molar-refractivity contribution in [1.82, 2.24) is 10.6 Å². The molecule has 0 radical (unpaired) electrons. The second-order valence-corrected chi connectivity index (χ2v) is 5.28. The molecule has 1 fully saturated rings. The molecular formula is C16H18N2O7. The van der Waals surface area contributed by atoms with E-state index in [2.05, 4.69) is 15.4 Å². The van der Waals surface area contributed by atoms with Crippen molar-refractivity contribution < 1.29 is 34.1 Å². The van der Waals surface area contributed by atoms with Gasteiger partial charge in [0.25, 0.3) is 5.91 Å². The first-order valence-electron chi connectivity index (χ1n) is 7.36. The Balaban J connectivity index is 2.14. The first kappa shape index (κ1) is 18.1. The number of phenolic OH excluding ortho intramolecular Hbond substituents is 2. The highest BCUT2D eigenvalue weighted by Gasteiger charge is 2.30. The predicted octanol–water partition coefficient (Wildman–Crippen LogP) is 0.0151. The van der Waals surface area contributed by atoms with Crippen LogP contribution >= 0.6 is 0 Å². The Morgan fingerprint density at radius 1 is 1.24 bits per heavy atom. The molecule has 4 N–H and O–H groups in total. The summed E-state index contributed by atoms with van der Waals surface area (Å²) in [5.74, 6) is -2.23. The van der Waals surface area contributed by atoms with Crippen LogP contribution in [-0.2, 0) is 19.1 Å². The number of carbonyl (C=O) groups is 3. The van der Waals surface area contributed by atoms with E-state index in [1.807, 2.05) is 0 Å². The highest BCUT2D eigenvalue weighted by atomic mass is 16.5. The summed E-state index contributed by atoms with van der Waals surface area (Å²) in [5, 5.41) is 24.5. The van der Waals surface area contributed by atoms with Crippen molar-refractivity contribution in [2.75, 3.05) is 14.2 Å². The van der Waals surface area contributed by atoms with E-state index >= 15 is 0 Å². The molecule has 134 valence electrons. The van der Waals surface area contributed by atoms with Crippen LogP contribution in [0.5, 0.6) is 17.2 Å². The van der Waals surface area contributed by atoms with Gasteiger partial charge in [0.15, 0.2) is 11.5 Å². The average molecular weight is 350 g/mol. The molecule has 9 nitrogen and oxygen atoms in total. The van der Waals surface area contributed by atoms with Gasteiger partial charge in [0.2, 0.25) is 11.7 Å². The average Bonchev–Trinajstić information content (AvgIpc) is 2.56. The number of methoxy groups -OCH3 is 2. The first-order valence-corrected chi connectivity index (χ1v) is 7.36. The molecule has 1 heterocycles. The molecule has 1 aliphatic rings. The predicted molar refractivity (Wildman–Crippen MR) is 85.6 cm³/mol. The van der Waals surface area contributed by atoms with Crippen molar-refractivity contribution in [3.63, 3.8) is 0 Å². The molecule has 0 aliphatic carbocycles. The van der Waals surface area contributed by atoms with Crippen LogP contribution in [0.1, 0.15) is 18.4 Å². The van der Waals surface area contributed by atoms with Gasteiger partial charge in [-0.2, -0.15) is 0 Å². The first-order chi connectivity index (χ1) is 11.8. The van der Waals surface area contributed by atoms with Crippen molar-refractivity contribution >= 4 is 23.9 Å². The molecule has 0 spiro atoms. The Labute approximate surface area is 143 Å². The highest BCUT2D eigenvalue weighted by Crippen LogP contribution is 2.37. The van der Waals surface area contributed by atoms with Crippen molar-refractivity contribution in [2.45, 2.75) is 18.9 Å². The topological polar surface area (TPSA) is 134 Å². The number of ether oxygens (including phenoxy) is 2. The molecule has 25 heavy (non-hydrogen) atoms. The van der Waals surface area contributed by atoms with Gasteiger partial charge in [-0.3, -0.25) is 14.4 Å². The van der Waals surface area contributed by atoms with E-state index in [0.717, 1.165) is 0 Å². The van der Waals surface area contributed by atoms with Crippen molar-refractivity contribution in [2.24, 2.45) is 0 Å². The maximum atomic E-state index is 12.1. The number of phenols is 2. The lowest BCUT2D eigenvalue weighted by molar-refractivity contribution is -0.141. The number of rotatable bonds is 5. The fourth-order valence-corrected chi connectivity index (χ4v) is 2.33. The lowest BCUT2D eigenvalue weighted by atomic mass is 10.1. The number of piperazine rings is 1. The fourth-order valence-electron chi connectivity index (χ4n) is 2.33. The van der Waals surface area contributed by atoms with Gasteiger partial charge in [-0.15, -0.1) is 0 Å². The Kier molecular flexibility index (Phi) is 5.48. The van der Waals surface area contributed by atoms with Crippen molar-refractivity contribution in [3.8, 4) is 17.2 Å². The summed E-state index contributed by atoms with van der Waals surface area (Å²) >= 11 is 0. The van der Waals surface area contributed by atoms with Crippen LogP contribution in [-0.4, -0.2) is 48.3 Å². The fraction of sp³-hybridized carbons (Fsp3) is 0.312. The van der Waals surface area contributed by atoms with Gasteiger partial charge in [-0.05, 0) is 30.2 Å². The minimum absolute atomic E-state index is 0.00581. The van der Waals surface area contributed by atoms with Crippen molar-refractivity contribution in [1.29, 1.82) is 0 Å². The molecule has 1 saturated heterocycles. The van der Waals surface area contributed by atoms with E-state index in [9.17, 15) is 24.6 Å². The third-order valence-corrected chi connectivity index (χ3v) is 3.58. The lowest BCUT2D eigenvalue weighted by Crippen LogP contribution is -2.54. The largest absolute Gasteiger partial charge is 0.504 e. The van der Waals surface area contributed by atoms with Crippen LogP contribution in [0, 0.1) is 0 Å². The van der Waals surface area contributed by atoms with Gasteiger partial charge < -0.3 is 30.3 Å². The summed E-state index contributed by atoms with van der Waals surface area (Å²) in [6.07, 6.45) is 1.40. The molecular weight excluding hydrogens is 332 g/mol. The monoisotopic (exact) mass is 350 g/mol. The Morgan fingerprint density at radius 2 is 1.88 bits per heavy atom. The molecule has 0 saturated carbocycles. The highest BCUT2D eigenvalue weighted by molar-refractivity contribution is 6.07. The molecule has 1 aromatic rings. The molecule has 0 aromatic heterocycles.